The first kappa shape index (κ1) is 17.1. The molecule has 0 aromatic heterocycles. The minimum Gasteiger partial charge on any atom is -0.550 e. The molecule has 0 aliphatic rings. The largest absolute Gasteiger partial charge is 0.550 e. The zero-order valence-corrected chi connectivity index (χ0v) is 12.7. The fourth-order valence-electron chi connectivity index (χ4n) is 2.27. The summed E-state index contributed by atoms with van der Waals surface area (Å²) in [5.41, 5.74) is 1.10. The molecule has 0 unspecified atom stereocenters. The van der Waals surface area contributed by atoms with E-state index >= 15 is 0 Å². The minimum atomic E-state index is -1.31. The molecule has 1 atom stereocenters. The van der Waals surface area contributed by atoms with E-state index in [9.17, 15) is 24.8 Å². The molecule has 0 spiro atoms. The average molecular weight is 327 g/mol. The SMILES string of the molecule is O=C([O-])C[C@@H](Cc1ccccc1)C(=O)Nc1ccc([N+](=O)[O-])cc1. The van der Waals surface area contributed by atoms with E-state index in [1.54, 1.807) is 24.3 Å². The maximum Gasteiger partial charge on any atom is 0.269 e. The Morgan fingerprint density at radius 1 is 1.04 bits per heavy atom. The number of nitrogens with one attached hydrogen (secondary N) is 1. The van der Waals surface area contributed by atoms with Crippen molar-refractivity contribution >= 4 is 23.3 Å². The summed E-state index contributed by atoms with van der Waals surface area (Å²) < 4.78 is 0. The number of amides is 1. The monoisotopic (exact) mass is 327 g/mol. The molecule has 2 aromatic rings. The lowest BCUT2D eigenvalue weighted by Crippen LogP contribution is -2.32. The predicted octanol–water partition coefficient (Wildman–Crippen LogP) is 1.53. The molecule has 1 N–H and O–H groups in total. The van der Waals surface area contributed by atoms with Crippen LogP contribution < -0.4 is 10.4 Å². The highest BCUT2D eigenvalue weighted by Gasteiger charge is 2.20. The Labute approximate surface area is 138 Å². The first-order valence-corrected chi connectivity index (χ1v) is 7.25. The van der Waals surface area contributed by atoms with Crippen LogP contribution in [0.25, 0.3) is 0 Å². The Hall–Kier alpha value is -3.22. The molecule has 0 fully saturated rings. The lowest BCUT2D eigenvalue weighted by atomic mass is 9.95. The highest BCUT2D eigenvalue weighted by molar-refractivity contribution is 5.94. The summed E-state index contributed by atoms with van der Waals surface area (Å²) >= 11 is 0. The summed E-state index contributed by atoms with van der Waals surface area (Å²) in [5, 5.41) is 24.1. The Bertz CT molecular complexity index is 728. The maximum atomic E-state index is 12.3. The molecule has 2 aromatic carbocycles. The molecular formula is C17H15N2O5-. The van der Waals surface area contributed by atoms with E-state index in [1.807, 2.05) is 6.07 Å². The number of rotatable bonds is 7. The van der Waals surface area contributed by atoms with Crippen molar-refractivity contribution < 1.29 is 19.6 Å². The Balaban J connectivity index is 2.09. The summed E-state index contributed by atoms with van der Waals surface area (Å²) in [4.78, 5) is 33.3. The van der Waals surface area contributed by atoms with Crippen LogP contribution in [0.1, 0.15) is 12.0 Å². The summed E-state index contributed by atoms with van der Waals surface area (Å²) in [6, 6.07) is 14.4. The zero-order valence-electron chi connectivity index (χ0n) is 12.7. The van der Waals surface area contributed by atoms with E-state index in [1.165, 1.54) is 24.3 Å². The number of hydrogen-bond donors (Lipinski definition) is 1. The summed E-state index contributed by atoms with van der Waals surface area (Å²) in [7, 11) is 0. The van der Waals surface area contributed by atoms with Gasteiger partial charge in [0, 0.05) is 29.7 Å². The molecule has 24 heavy (non-hydrogen) atoms. The molecule has 1 amide bonds. The predicted molar refractivity (Wildman–Crippen MR) is 85.0 cm³/mol. The molecule has 7 heteroatoms. The average Bonchev–Trinajstić information content (AvgIpc) is 2.55. The Morgan fingerprint density at radius 3 is 2.21 bits per heavy atom. The second kappa shape index (κ2) is 7.87. The quantitative estimate of drug-likeness (QED) is 0.612. The van der Waals surface area contributed by atoms with Gasteiger partial charge in [-0.2, -0.15) is 0 Å². The number of nitrogens with zero attached hydrogens (tertiary/aromatic N) is 1. The van der Waals surface area contributed by atoms with Gasteiger partial charge in [0.15, 0.2) is 0 Å². The molecule has 124 valence electrons. The topological polar surface area (TPSA) is 112 Å². The second-order valence-electron chi connectivity index (χ2n) is 5.26. The fraction of sp³-hybridized carbons (Fsp3) is 0.176. The lowest BCUT2D eigenvalue weighted by molar-refractivity contribution is -0.384. The van der Waals surface area contributed by atoms with Crippen LogP contribution >= 0.6 is 0 Å². The third kappa shape index (κ3) is 4.91. The second-order valence-corrected chi connectivity index (χ2v) is 5.26. The number of benzene rings is 2. The molecule has 0 aliphatic carbocycles. The van der Waals surface area contributed by atoms with Crippen LogP contribution in [0.3, 0.4) is 0 Å². The highest BCUT2D eigenvalue weighted by Crippen LogP contribution is 2.18. The van der Waals surface area contributed by atoms with Crippen LogP contribution in [0.15, 0.2) is 54.6 Å². The van der Waals surface area contributed by atoms with Crippen molar-refractivity contribution in [3.05, 3.63) is 70.3 Å². The smallest absolute Gasteiger partial charge is 0.269 e. The van der Waals surface area contributed by atoms with Gasteiger partial charge >= 0.3 is 0 Å². The van der Waals surface area contributed by atoms with Crippen molar-refractivity contribution in [3.63, 3.8) is 0 Å². The van der Waals surface area contributed by atoms with E-state index in [0.717, 1.165) is 5.56 Å². The number of carboxylic acids is 1. The number of carbonyl (C=O) groups excluding carboxylic acids is 2. The third-order valence-corrected chi connectivity index (χ3v) is 3.45. The number of carbonyl (C=O) groups is 2. The zero-order chi connectivity index (χ0) is 17.5. The minimum absolute atomic E-state index is 0.0939. The number of hydrogen-bond acceptors (Lipinski definition) is 5. The molecule has 2 rings (SSSR count). The van der Waals surface area contributed by atoms with E-state index < -0.39 is 29.1 Å². The molecule has 0 heterocycles. The number of non-ortho nitro benzene ring substituents is 1. The Morgan fingerprint density at radius 2 is 1.67 bits per heavy atom. The van der Waals surface area contributed by atoms with Crippen LogP contribution in [0, 0.1) is 16.0 Å². The number of nitro benzene ring substituents is 1. The van der Waals surface area contributed by atoms with Gasteiger partial charge in [-0.05, 0) is 30.5 Å². The van der Waals surface area contributed by atoms with Gasteiger partial charge < -0.3 is 15.2 Å². The normalized spacial score (nSPS) is 11.5. The number of carboxylic acid groups (broad SMARTS) is 1. The molecule has 0 aliphatic heterocycles. The third-order valence-electron chi connectivity index (χ3n) is 3.45. The summed E-state index contributed by atoms with van der Waals surface area (Å²) in [5.74, 6) is -2.58. The Kier molecular flexibility index (Phi) is 5.62. The van der Waals surface area contributed by atoms with Crippen molar-refractivity contribution in [3.8, 4) is 0 Å². The van der Waals surface area contributed by atoms with Crippen molar-refractivity contribution in [1.29, 1.82) is 0 Å². The van der Waals surface area contributed by atoms with Gasteiger partial charge in [-0.15, -0.1) is 0 Å². The van der Waals surface area contributed by atoms with Crippen molar-refractivity contribution in [2.24, 2.45) is 5.92 Å². The van der Waals surface area contributed by atoms with Crippen LogP contribution in [0.4, 0.5) is 11.4 Å². The lowest BCUT2D eigenvalue weighted by Gasteiger charge is -2.17. The van der Waals surface area contributed by atoms with Gasteiger partial charge in [-0.3, -0.25) is 14.9 Å². The van der Waals surface area contributed by atoms with E-state index in [0.29, 0.717) is 5.69 Å². The van der Waals surface area contributed by atoms with Gasteiger partial charge in [0.25, 0.3) is 5.69 Å². The first-order valence-electron chi connectivity index (χ1n) is 7.25. The standard InChI is InChI=1S/C17H16N2O5/c20-16(21)11-13(10-12-4-2-1-3-5-12)17(22)18-14-6-8-15(9-7-14)19(23)24/h1-9,13H,10-11H2,(H,18,22)(H,20,21)/p-1/t13-/m1/s1. The van der Waals surface area contributed by atoms with Crippen LogP contribution in [-0.2, 0) is 16.0 Å². The molecule has 0 radical (unpaired) electrons. The van der Waals surface area contributed by atoms with Crippen LogP contribution in [0.2, 0.25) is 0 Å². The first-order chi connectivity index (χ1) is 11.5. The van der Waals surface area contributed by atoms with E-state index in [2.05, 4.69) is 5.32 Å². The van der Waals surface area contributed by atoms with Crippen molar-refractivity contribution in [2.75, 3.05) is 5.32 Å². The molecule has 7 nitrogen and oxygen atoms in total. The molecule has 0 saturated heterocycles. The summed E-state index contributed by atoms with van der Waals surface area (Å²) in [6.45, 7) is 0. The number of aliphatic carboxylic acids is 1. The maximum absolute atomic E-state index is 12.3. The molecule has 0 saturated carbocycles. The fourth-order valence-corrected chi connectivity index (χ4v) is 2.27. The molecule has 0 bridgehead atoms. The van der Waals surface area contributed by atoms with E-state index in [-0.39, 0.29) is 12.1 Å². The van der Waals surface area contributed by atoms with E-state index in [4.69, 9.17) is 0 Å². The van der Waals surface area contributed by atoms with Crippen LogP contribution in [-0.4, -0.2) is 16.8 Å². The van der Waals surface area contributed by atoms with Gasteiger partial charge in [0.2, 0.25) is 5.91 Å². The van der Waals surface area contributed by atoms with Crippen molar-refractivity contribution in [2.45, 2.75) is 12.8 Å². The van der Waals surface area contributed by atoms with Gasteiger partial charge in [-0.25, -0.2) is 0 Å². The number of anilines is 1. The molecular weight excluding hydrogens is 312 g/mol. The highest BCUT2D eigenvalue weighted by atomic mass is 16.6. The van der Waals surface area contributed by atoms with Gasteiger partial charge in [-0.1, -0.05) is 30.3 Å². The van der Waals surface area contributed by atoms with Crippen molar-refractivity contribution in [1.82, 2.24) is 0 Å². The number of nitro groups is 1. The van der Waals surface area contributed by atoms with Gasteiger partial charge in [0.1, 0.15) is 0 Å². The van der Waals surface area contributed by atoms with Crippen LogP contribution in [0.5, 0.6) is 0 Å². The summed E-state index contributed by atoms with van der Waals surface area (Å²) in [6.07, 6.45) is -0.151. The van der Waals surface area contributed by atoms with Gasteiger partial charge in [0.05, 0.1) is 4.92 Å².